The number of nitrogens with one attached hydrogen (secondary N) is 1. The zero-order valence-corrected chi connectivity index (χ0v) is 12.1. The molecular weight excluding hydrogens is 301 g/mol. The minimum atomic E-state index is -1.05. The third-order valence-corrected chi connectivity index (χ3v) is 4.17. The molecule has 1 aromatic heterocycles. The quantitative estimate of drug-likeness (QED) is 0.891. The van der Waals surface area contributed by atoms with Gasteiger partial charge in [0.25, 0.3) is 5.89 Å². The molecule has 0 aliphatic carbocycles. The van der Waals surface area contributed by atoms with Crippen LogP contribution in [-0.4, -0.2) is 28.3 Å². The van der Waals surface area contributed by atoms with Gasteiger partial charge in [0, 0.05) is 5.56 Å². The van der Waals surface area contributed by atoms with Crippen molar-refractivity contribution in [3.05, 3.63) is 34.1 Å². The monoisotopic (exact) mass is 313 g/mol. The predicted molar refractivity (Wildman–Crippen MR) is 75.8 cm³/mol. The number of halogens is 2. The van der Waals surface area contributed by atoms with Crippen molar-refractivity contribution in [2.45, 2.75) is 18.4 Å². The maximum Gasteiger partial charge on any atom is 0.259 e. The van der Waals surface area contributed by atoms with Crippen LogP contribution in [0.4, 0.5) is 0 Å². The lowest BCUT2D eigenvalue weighted by Gasteiger charge is -2.28. The van der Waals surface area contributed by atoms with E-state index in [0.29, 0.717) is 34.3 Å². The average molecular weight is 314 g/mol. The lowest BCUT2D eigenvalue weighted by molar-refractivity contribution is -0.0228. The largest absolute Gasteiger partial charge is 0.380 e. The molecule has 0 bridgehead atoms. The average Bonchev–Trinajstić information content (AvgIpc) is 2.93. The van der Waals surface area contributed by atoms with Crippen molar-refractivity contribution in [3.63, 3.8) is 0 Å². The molecule has 0 saturated carbocycles. The summed E-state index contributed by atoms with van der Waals surface area (Å²) < 4.78 is 5.22. The first-order valence-corrected chi connectivity index (χ1v) is 7.07. The highest BCUT2D eigenvalue weighted by molar-refractivity contribution is 6.42. The standard InChI is InChI=1S/C13H13Cl2N3O2/c14-9-2-1-8(7-10(9)15)11-17-12(20-18-11)13(19)3-5-16-6-4-13/h1-2,7,16,19H,3-6H2. The van der Waals surface area contributed by atoms with Gasteiger partial charge in [0.1, 0.15) is 5.60 Å². The van der Waals surface area contributed by atoms with Crippen LogP contribution in [0.5, 0.6) is 0 Å². The van der Waals surface area contributed by atoms with Crippen LogP contribution in [0.1, 0.15) is 18.7 Å². The lowest BCUT2D eigenvalue weighted by atomic mass is 9.92. The Balaban J connectivity index is 1.91. The molecule has 2 N–H and O–H groups in total. The number of benzene rings is 1. The third-order valence-electron chi connectivity index (χ3n) is 3.43. The maximum absolute atomic E-state index is 10.5. The van der Waals surface area contributed by atoms with E-state index in [9.17, 15) is 5.11 Å². The van der Waals surface area contributed by atoms with Gasteiger partial charge in [-0.05, 0) is 44.1 Å². The third kappa shape index (κ3) is 2.54. The van der Waals surface area contributed by atoms with Gasteiger partial charge in [0.15, 0.2) is 0 Å². The number of piperidine rings is 1. The molecule has 7 heteroatoms. The van der Waals surface area contributed by atoms with Crippen molar-refractivity contribution >= 4 is 23.2 Å². The maximum atomic E-state index is 10.5. The Morgan fingerprint density at radius 3 is 2.65 bits per heavy atom. The summed E-state index contributed by atoms with van der Waals surface area (Å²) in [5.41, 5.74) is -0.348. The van der Waals surface area contributed by atoms with Crippen LogP contribution in [0.25, 0.3) is 11.4 Å². The number of aromatic nitrogens is 2. The van der Waals surface area contributed by atoms with Gasteiger partial charge in [-0.15, -0.1) is 0 Å². The molecule has 3 rings (SSSR count). The first-order chi connectivity index (χ1) is 9.58. The Kier molecular flexibility index (Phi) is 3.69. The fourth-order valence-corrected chi connectivity index (χ4v) is 2.52. The normalized spacial score (nSPS) is 18.1. The molecule has 0 amide bonds. The van der Waals surface area contributed by atoms with E-state index in [0.717, 1.165) is 13.1 Å². The summed E-state index contributed by atoms with van der Waals surface area (Å²) >= 11 is 11.8. The van der Waals surface area contributed by atoms with Gasteiger partial charge in [-0.3, -0.25) is 0 Å². The van der Waals surface area contributed by atoms with Crippen molar-refractivity contribution in [3.8, 4) is 11.4 Å². The molecule has 1 aliphatic rings. The van der Waals surface area contributed by atoms with Crippen LogP contribution in [0.15, 0.2) is 22.7 Å². The lowest BCUT2D eigenvalue weighted by Crippen LogP contribution is -2.39. The number of hydrogen-bond donors (Lipinski definition) is 2. The highest BCUT2D eigenvalue weighted by atomic mass is 35.5. The minimum absolute atomic E-state index is 0.250. The molecule has 5 nitrogen and oxygen atoms in total. The predicted octanol–water partition coefficient (Wildman–Crippen LogP) is 2.61. The molecule has 106 valence electrons. The molecule has 0 atom stereocenters. The smallest absolute Gasteiger partial charge is 0.259 e. The summed E-state index contributed by atoms with van der Waals surface area (Å²) in [5, 5.41) is 18.5. The Morgan fingerprint density at radius 1 is 1.20 bits per heavy atom. The number of rotatable bonds is 2. The summed E-state index contributed by atoms with van der Waals surface area (Å²) in [4.78, 5) is 4.29. The second-order valence-electron chi connectivity index (χ2n) is 4.83. The van der Waals surface area contributed by atoms with Gasteiger partial charge in [-0.1, -0.05) is 28.4 Å². The molecule has 1 aliphatic heterocycles. The van der Waals surface area contributed by atoms with E-state index in [1.54, 1.807) is 18.2 Å². The number of hydrogen-bond acceptors (Lipinski definition) is 5. The second-order valence-corrected chi connectivity index (χ2v) is 5.65. The van der Waals surface area contributed by atoms with E-state index < -0.39 is 5.60 Å². The number of nitrogens with zero attached hydrogens (tertiary/aromatic N) is 2. The molecule has 1 aromatic carbocycles. The SMILES string of the molecule is OC1(c2nc(-c3ccc(Cl)c(Cl)c3)no2)CCNCC1. The van der Waals surface area contributed by atoms with E-state index in [1.165, 1.54) is 0 Å². The molecule has 0 unspecified atom stereocenters. The molecule has 2 heterocycles. The Bertz CT molecular complexity index is 624. The van der Waals surface area contributed by atoms with E-state index in [2.05, 4.69) is 15.5 Å². The Morgan fingerprint density at radius 2 is 1.95 bits per heavy atom. The summed E-state index contributed by atoms with van der Waals surface area (Å²) in [6.07, 6.45) is 1.10. The van der Waals surface area contributed by atoms with Crippen LogP contribution >= 0.6 is 23.2 Å². The van der Waals surface area contributed by atoms with Crippen molar-refractivity contribution in [1.29, 1.82) is 0 Å². The fourth-order valence-electron chi connectivity index (χ4n) is 2.22. The van der Waals surface area contributed by atoms with E-state index in [-0.39, 0.29) is 5.89 Å². The molecule has 0 spiro atoms. The molecule has 2 aromatic rings. The van der Waals surface area contributed by atoms with Crippen LogP contribution in [0.2, 0.25) is 10.0 Å². The fraction of sp³-hybridized carbons (Fsp3) is 0.385. The van der Waals surface area contributed by atoms with Gasteiger partial charge >= 0.3 is 0 Å². The first-order valence-electron chi connectivity index (χ1n) is 6.31. The zero-order chi connectivity index (χ0) is 14.2. The summed E-state index contributed by atoms with van der Waals surface area (Å²) in [5.74, 6) is 0.644. The van der Waals surface area contributed by atoms with Crippen LogP contribution in [0, 0.1) is 0 Å². The molecule has 1 saturated heterocycles. The van der Waals surface area contributed by atoms with E-state index >= 15 is 0 Å². The van der Waals surface area contributed by atoms with Gasteiger partial charge < -0.3 is 14.9 Å². The first kappa shape index (κ1) is 13.8. The van der Waals surface area contributed by atoms with Crippen LogP contribution in [0.3, 0.4) is 0 Å². The minimum Gasteiger partial charge on any atom is -0.380 e. The van der Waals surface area contributed by atoms with Gasteiger partial charge in [-0.25, -0.2) is 0 Å². The van der Waals surface area contributed by atoms with E-state index in [1.807, 2.05) is 0 Å². The van der Waals surface area contributed by atoms with E-state index in [4.69, 9.17) is 27.7 Å². The zero-order valence-electron chi connectivity index (χ0n) is 10.6. The molecular formula is C13H13Cl2N3O2. The number of aliphatic hydroxyl groups is 1. The van der Waals surface area contributed by atoms with Crippen LogP contribution in [-0.2, 0) is 5.60 Å². The van der Waals surface area contributed by atoms with Crippen molar-refractivity contribution in [2.24, 2.45) is 0 Å². The molecule has 0 radical (unpaired) electrons. The highest BCUT2D eigenvalue weighted by Crippen LogP contribution is 2.32. The van der Waals surface area contributed by atoms with Gasteiger partial charge in [0.2, 0.25) is 5.82 Å². The van der Waals surface area contributed by atoms with Crippen molar-refractivity contribution in [2.75, 3.05) is 13.1 Å². The van der Waals surface area contributed by atoms with Gasteiger partial charge in [-0.2, -0.15) is 4.98 Å². The van der Waals surface area contributed by atoms with Crippen LogP contribution < -0.4 is 5.32 Å². The topological polar surface area (TPSA) is 71.2 Å². The summed E-state index contributed by atoms with van der Waals surface area (Å²) in [7, 11) is 0. The summed E-state index contributed by atoms with van der Waals surface area (Å²) in [6.45, 7) is 1.45. The highest BCUT2D eigenvalue weighted by Gasteiger charge is 2.37. The summed E-state index contributed by atoms with van der Waals surface area (Å²) in [6, 6.07) is 5.11. The van der Waals surface area contributed by atoms with Gasteiger partial charge in [0.05, 0.1) is 10.0 Å². The Labute approximate surface area is 125 Å². The van der Waals surface area contributed by atoms with Crippen molar-refractivity contribution in [1.82, 2.24) is 15.5 Å². The van der Waals surface area contributed by atoms with Crippen molar-refractivity contribution < 1.29 is 9.63 Å². The molecule has 1 fully saturated rings. The second kappa shape index (κ2) is 5.33. The Hall–Kier alpha value is -1.14. The molecule has 20 heavy (non-hydrogen) atoms.